The monoisotopic (exact) mass is 705 g/mol. The maximum atomic E-state index is 3.74. The van der Waals surface area contributed by atoms with E-state index in [0.29, 0.717) is 0 Å². The molecular formula is C34H40P2Pt. The molecule has 0 spiro atoms. The van der Waals surface area contributed by atoms with Crippen LogP contribution in [0.15, 0.2) is 121 Å². The molecule has 4 aromatic rings. The van der Waals surface area contributed by atoms with Crippen molar-refractivity contribution >= 4 is 37.1 Å². The van der Waals surface area contributed by atoms with E-state index in [1.807, 2.05) is 0 Å². The Bertz CT molecular complexity index is 890. The van der Waals surface area contributed by atoms with Crippen molar-refractivity contribution in [2.24, 2.45) is 0 Å². The SMILES string of the molecule is [CH2-]CCCCC[CH2-].[Pt+2].c1ccc(P(CCCP(c2ccccc2)c2ccccc2)c2ccccc2)cc1. The van der Waals surface area contributed by atoms with E-state index < -0.39 is 0 Å². The number of hydrogen-bond donors (Lipinski definition) is 0. The van der Waals surface area contributed by atoms with Gasteiger partial charge in [-0.1, -0.05) is 141 Å². The summed E-state index contributed by atoms with van der Waals surface area (Å²) in [5.74, 6) is 0. The summed E-state index contributed by atoms with van der Waals surface area (Å²) in [7, 11) is -0.618. The average molecular weight is 706 g/mol. The minimum absolute atomic E-state index is 0. The maximum Gasteiger partial charge on any atom is 2.00 e. The van der Waals surface area contributed by atoms with Gasteiger partial charge in [0.25, 0.3) is 0 Å². The molecule has 0 radical (unpaired) electrons. The van der Waals surface area contributed by atoms with Crippen LogP contribution in [-0.2, 0) is 21.1 Å². The van der Waals surface area contributed by atoms with Crippen LogP contribution < -0.4 is 21.2 Å². The third kappa shape index (κ3) is 11.4. The van der Waals surface area contributed by atoms with E-state index in [2.05, 4.69) is 135 Å². The maximum absolute atomic E-state index is 3.74. The topological polar surface area (TPSA) is 0 Å². The molecule has 0 aliphatic heterocycles. The van der Waals surface area contributed by atoms with Crippen LogP contribution in [0, 0.1) is 13.8 Å². The molecule has 0 saturated heterocycles. The van der Waals surface area contributed by atoms with Gasteiger partial charge in [0, 0.05) is 0 Å². The second kappa shape index (κ2) is 19.5. The Kier molecular flexibility index (Phi) is 16.7. The van der Waals surface area contributed by atoms with E-state index in [0.717, 1.165) is 12.8 Å². The predicted molar refractivity (Wildman–Crippen MR) is 166 cm³/mol. The Morgan fingerprint density at radius 2 is 0.649 bits per heavy atom. The molecule has 0 saturated carbocycles. The van der Waals surface area contributed by atoms with Gasteiger partial charge in [-0.15, -0.1) is 0 Å². The molecule has 0 aliphatic rings. The second-order valence-corrected chi connectivity index (χ2v) is 13.4. The van der Waals surface area contributed by atoms with Crippen molar-refractivity contribution in [3.8, 4) is 0 Å². The third-order valence-corrected chi connectivity index (χ3v) is 11.2. The summed E-state index contributed by atoms with van der Waals surface area (Å²) < 4.78 is 0. The molecule has 0 nitrogen and oxygen atoms in total. The first-order valence-electron chi connectivity index (χ1n) is 13.2. The molecule has 0 bridgehead atoms. The first-order chi connectivity index (χ1) is 17.8. The summed E-state index contributed by atoms with van der Waals surface area (Å²) in [6, 6.07) is 44.3. The molecule has 0 heterocycles. The van der Waals surface area contributed by atoms with Crippen molar-refractivity contribution < 1.29 is 21.1 Å². The normalized spacial score (nSPS) is 10.5. The Morgan fingerprint density at radius 1 is 0.378 bits per heavy atom. The second-order valence-electron chi connectivity index (χ2n) is 8.77. The zero-order valence-electron chi connectivity index (χ0n) is 21.8. The first kappa shape index (κ1) is 31.6. The van der Waals surface area contributed by atoms with Gasteiger partial charge in [0.2, 0.25) is 0 Å². The summed E-state index contributed by atoms with van der Waals surface area (Å²) in [6.07, 6.45) is 9.74. The zero-order valence-corrected chi connectivity index (χ0v) is 25.9. The molecule has 196 valence electrons. The van der Waals surface area contributed by atoms with Crippen molar-refractivity contribution in [2.45, 2.75) is 38.5 Å². The largest absolute Gasteiger partial charge is 2.00 e. The van der Waals surface area contributed by atoms with Crippen molar-refractivity contribution in [3.05, 3.63) is 135 Å². The van der Waals surface area contributed by atoms with Gasteiger partial charge in [0.15, 0.2) is 0 Å². The molecule has 4 rings (SSSR count). The summed E-state index contributed by atoms with van der Waals surface area (Å²) in [5, 5.41) is 5.94. The molecule has 0 aliphatic carbocycles. The smallest absolute Gasteiger partial charge is 0.343 e. The van der Waals surface area contributed by atoms with Crippen LogP contribution in [0.4, 0.5) is 0 Å². The quantitative estimate of drug-likeness (QED) is 0.0792. The van der Waals surface area contributed by atoms with Gasteiger partial charge < -0.3 is 13.8 Å². The zero-order chi connectivity index (χ0) is 25.3. The van der Waals surface area contributed by atoms with Gasteiger partial charge in [-0.3, -0.25) is 0 Å². The number of unbranched alkanes of at least 4 members (excludes halogenated alkanes) is 4. The van der Waals surface area contributed by atoms with Crippen LogP contribution in [0.25, 0.3) is 0 Å². The molecule has 37 heavy (non-hydrogen) atoms. The Morgan fingerprint density at radius 3 is 0.892 bits per heavy atom. The molecule has 0 fully saturated rings. The first-order valence-corrected chi connectivity index (χ1v) is 16.2. The van der Waals surface area contributed by atoms with Crippen molar-refractivity contribution in [2.75, 3.05) is 12.3 Å². The summed E-state index contributed by atoms with van der Waals surface area (Å²) in [5.41, 5.74) is 0. The summed E-state index contributed by atoms with van der Waals surface area (Å²) in [4.78, 5) is 0. The van der Waals surface area contributed by atoms with E-state index in [-0.39, 0.29) is 36.9 Å². The van der Waals surface area contributed by atoms with Crippen LogP contribution in [0.2, 0.25) is 0 Å². The van der Waals surface area contributed by atoms with E-state index >= 15 is 0 Å². The van der Waals surface area contributed by atoms with Gasteiger partial charge in [-0.2, -0.15) is 12.8 Å². The Hall–Kier alpha value is -1.57. The number of rotatable bonds is 12. The van der Waals surface area contributed by atoms with E-state index in [1.54, 1.807) is 0 Å². The third-order valence-electron chi connectivity index (χ3n) is 6.03. The Labute approximate surface area is 243 Å². The molecule has 3 heteroatoms. The standard InChI is InChI=1S/C27H26P2.C7H14.Pt/c1-5-14-24(15-6-1)28(25-16-7-2-8-17-25)22-13-23-29(26-18-9-3-10-19-26)27-20-11-4-12-21-27;1-3-5-7-6-4-2;/h1-12,14-21H,13,22-23H2;1-7H2;/q;-2;+2. The summed E-state index contributed by atoms with van der Waals surface area (Å²) >= 11 is 0. The fourth-order valence-electron chi connectivity index (χ4n) is 4.16. The molecule has 0 aromatic heterocycles. The van der Waals surface area contributed by atoms with E-state index in [1.165, 1.54) is 59.2 Å². The van der Waals surface area contributed by atoms with Crippen LogP contribution >= 0.6 is 15.8 Å². The Balaban J connectivity index is 0.000000532. The molecular weight excluding hydrogens is 665 g/mol. The molecule has 0 atom stereocenters. The molecule has 4 aromatic carbocycles. The van der Waals surface area contributed by atoms with Crippen LogP contribution in [0.3, 0.4) is 0 Å². The average Bonchev–Trinajstić information content (AvgIpc) is 2.96. The minimum atomic E-state index is -0.309. The fraction of sp³-hybridized carbons (Fsp3) is 0.235. The molecule has 0 unspecified atom stereocenters. The van der Waals surface area contributed by atoms with E-state index in [9.17, 15) is 0 Å². The van der Waals surface area contributed by atoms with Gasteiger partial charge in [-0.05, 0) is 55.8 Å². The van der Waals surface area contributed by atoms with Crippen LogP contribution in [0.1, 0.15) is 38.5 Å². The molecule has 0 amide bonds. The number of benzene rings is 4. The van der Waals surface area contributed by atoms with Crippen molar-refractivity contribution in [1.29, 1.82) is 0 Å². The van der Waals surface area contributed by atoms with Gasteiger partial charge in [0.05, 0.1) is 0 Å². The van der Waals surface area contributed by atoms with Gasteiger partial charge >= 0.3 is 21.1 Å². The number of hydrogen-bond acceptors (Lipinski definition) is 0. The van der Waals surface area contributed by atoms with Gasteiger partial charge in [0.1, 0.15) is 0 Å². The van der Waals surface area contributed by atoms with E-state index in [4.69, 9.17) is 0 Å². The molecule has 0 N–H and O–H groups in total. The van der Waals surface area contributed by atoms with Crippen molar-refractivity contribution in [1.82, 2.24) is 0 Å². The van der Waals surface area contributed by atoms with Crippen LogP contribution in [0.5, 0.6) is 0 Å². The predicted octanol–water partition coefficient (Wildman–Crippen LogP) is 8.24. The fourth-order valence-corrected chi connectivity index (χ4v) is 9.12. The van der Waals surface area contributed by atoms with Gasteiger partial charge in [-0.25, -0.2) is 0 Å². The van der Waals surface area contributed by atoms with Crippen molar-refractivity contribution in [3.63, 3.8) is 0 Å². The summed E-state index contributed by atoms with van der Waals surface area (Å²) in [6.45, 7) is 7.47. The van der Waals surface area contributed by atoms with Crippen LogP contribution in [-0.4, -0.2) is 12.3 Å². The minimum Gasteiger partial charge on any atom is -0.343 e.